The van der Waals surface area contributed by atoms with Crippen LogP contribution in [0.4, 0.5) is 5.69 Å². The smallest absolute Gasteiger partial charge is 0.0762 e. The van der Waals surface area contributed by atoms with Gasteiger partial charge in [0.1, 0.15) is 0 Å². The van der Waals surface area contributed by atoms with Gasteiger partial charge in [0.05, 0.1) is 16.8 Å². The maximum absolute atomic E-state index is 9.47. The SMILES string of the molecule is C[C@@H](O)c1ccc(N(C)CCN(C)C)c(Cl)c1. The van der Waals surface area contributed by atoms with E-state index >= 15 is 0 Å². The van der Waals surface area contributed by atoms with Gasteiger partial charge in [0.25, 0.3) is 0 Å². The first-order valence-corrected chi connectivity index (χ1v) is 6.13. The van der Waals surface area contributed by atoms with Crippen molar-refractivity contribution in [3.05, 3.63) is 28.8 Å². The highest BCUT2D eigenvalue weighted by Gasteiger charge is 2.09. The summed E-state index contributed by atoms with van der Waals surface area (Å²) in [5, 5.41) is 10.2. The van der Waals surface area contributed by atoms with Crippen LogP contribution in [0.3, 0.4) is 0 Å². The third-order valence-corrected chi connectivity index (χ3v) is 3.05. The number of likely N-dealkylation sites (N-methyl/N-ethyl adjacent to an activating group) is 2. The molecule has 0 heterocycles. The summed E-state index contributed by atoms with van der Waals surface area (Å²) in [5.41, 5.74) is 1.85. The van der Waals surface area contributed by atoms with Crippen LogP contribution in [0, 0.1) is 0 Å². The van der Waals surface area contributed by atoms with Gasteiger partial charge in [-0.3, -0.25) is 0 Å². The summed E-state index contributed by atoms with van der Waals surface area (Å²) >= 11 is 6.22. The van der Waals surface area contributed by atoms with Gasteiger partial charge in [-0.25, -0.2) is 0 Å². The fourth-order valence-corrected chi connectivity index (χ4v) is 1.90. The molecule has 0 aliphatic heterocycles. The summed E-state index contributed by atoms with van der Waals surface area (Å²) in [4.78, 5) is 4.25. The molecule has 0 aliphatic carbocycles. The van der Waals surface area contributed by atoms with Crippen LogP contribution < -0.4 is 4.90 Å². The maximum Gasteiger partial charge on any atom is 0.0762 e. The molecule has 96 valence electrons. The minimum Gasteiger partial charge on any atom is -0.389 e. The molecule has 4 heteroatoms. The van der Waals surface area contributed by atoms with Gasteiger partial charge in [0, 0.05) is 20.1 Å². The number of benzene rings is 1. The highest BCUT2D eigenvalue weighted by Crippen LogP contribution is 2.28. The molecule has 0 saturated heterocycles. The summed E-state index contributed by atoms with van der Waals surface area (Å²) in [6.45, 7) is 3.63. The maximum atomic E-state index is 9.47. The summed E-state index contributed by atoms with van der Waals surface area (Å²) in [7, 11) is 6.12. The van der Waals surface area contributed by atoms with Gasteiger partial charge in [-0.15, -0.1) is 0 Å². The fourth-order valence-electron chi connectivity index (χ4n) is 1.56. The average molecular weight is 257 g/mol. The van der Waals surface area contributed by atoms with Crippen molar-refractivity contribution in [3.8, 4) is 0 Å². The predicted octanol–water partition coefficient (Wildman–Crippen LogP) is 2.39. The minimum absolute atomic E-state index is 0.478. The molecule has 1 atom stereocenters. The Morgan fingerprint density at radius 2 is 1.88 bits per heavy atom. The molecular weight excluding hydrogens is 236 g/mol. The van der Waals surface area contributed by atoms with E-state index in [-0.39, 0.29) is 0 Å². The zero-order valence-corrected chi connectivity index (χ0v) is 11.7. The van der Waals surface area contributed by atoms with Crippen LogP contribution >= 0.6 is 11.6 Å². The third-order valence-electron chi connectivity index (χ3n) is 2.75. The first-order valence-electron chi connectivity index (χ1n) is 5.75. The van der Waals surface area contributed by atoms with E-state index in [1.54, 1.807) is 6.92 Å². The molecular formula is C13H21ClN2O. The van der Waals surface area contributed by atoms with Gasteiger partial charge in [-0.05, 0) is 38.7 Å². The van der Waals surface area contributed by atoms with Crippen LogP contribution in [-0.4, -0.2) is 44.2 Å². The lowest BCUT2D eigenvalue weighted by atomic mass is 10.1. The summed E-state index contributed by atoms with van der Waals surface area (Å²) in [6.07, 6.45) is -0.478. The van der Waals surface area contributed by atoms with Crippen LogP contribution in [0.1, 0.15) is 18.6 Å². The number of halogens is 1. The Morgan fingerprint density at radius 1 is 1.24 bits per heavy atom. The van der Waals surface area contributed by atoms with E-state index in [0.717, 1.165) is 24.3 Å². The Bertz CT molecular complexity index is 366. The molecule has 17 heavy (non-hydrogen) atoms. The zero-order valence-electron chi connectivity index (χ0n) is 10.9. The van der Waals surface area contributed by atoms with E-state index in [0.29, 0.717) is 5.02 Å². The van der Waals surface area contributed by atoms with Crippen molar-refractivity contribution >= 4 is 17.3 Å². The lowest BCUT2D eigenvalue weighted by Gasteiger charge is -2.23. The van der Waals surface area contributed by atoms with Gasteiger partial charge in [-0.1, -0.05) is 17.7 Å². The molecule has 1 N–H and O–H groups in total. The molecule has 0 spiro atoms. The Labute approximate surface area is 109 Å². The quantitative estimate of drug-likeness (QED) is 0.876. The molecule has 1 aromatic rings. The van der Waals surface area contributed by atoms with E-state index in [2.05, 4.69) is 9.80 Å². The second kappa shape index (κ2) is 6.24. The minimum atomic E-state index is -0.478. The fraction of sp³-hybridized carbons (Fsp3) is 0.538. The number of rotatable bonds is 5. The van der Waals surface area contributed by atoms with E-state index in [1.807, 2.05) is 39.3 Å². The largest absolute Gasteiger partial charge is 0.389 e. The average Bonchev–Trinajstić information content (AvgIpc) is 2.25. The molecule has 1 rings (SSSR count). The lowest BCUT2D eigenvalue weighted by Crippen LogP contribution is -2.28. The van der Waals surface area contributed by atoms with Gasteiger partial charge in [0.15, 0.2) is 0 Å². The van der Waals surface area contributed by atoms with Crippen LogP contribution in [0.25, 0.3) is 0 Å². The van der Waals surface area contributed by atoms with Gasteiger partial charge in [0.2, 0.25) is 0 Å². The third kappa shape index (κ3) is 4.19. The number of hydrogen-bond acceptors (Lipinski definition) is 3. The second-order valence-electron chi connectivity index (χ2n) is 4.61. The number of hydrogen-bond donors (Lipinski definition) is 1. The van der Waals surface area contributed by atoms with Crippen molar-refractivity contribution in [2.75, 3.05) is 39.1 Å². The van der Waals surface area contributed by atoms with Crippen LogP contribution in [-0.2, 0) is 0 Å². The van der Waals surface area contributed by atoms with Crippen molar-refractivity contribution in [3.63, 3.8) is 0 Å². The molecule has 1 aromatic carbocycles. The Kier molecular flexibility index (Phi) is 5.25. The highest BCUT2D eigenvalue weighted by atomic mass is 35.5. The monoisotopic (exact) mass is 256 g/mol. The normalized spacial score (nSPS) is 12.9. The van der Waals surface area contributed by atoms with Crippen LogP contribution in [0.2, 0.25) is 5.02 Å². The molecule has 0 aliphatic rings. The standard InChI is InChI=1S/C13H21ClN2O/c1-10(17)11-5-6-13(12(14)9-11)16(4)8-7-15(2)3/h5-6,9-10,17H,7-8H2,1-4H3/t10-/m1/s1. The molecule has 0 unspecified atom stereocenters. The van der Waals surface area contributed by atoms with E-state index in [1.165, 1.54) is 0 Å². The van der Waals surface area contributed by atoms with Crippen LogP contribution in [0.15, 0.2) is 18.2 Å². The highest BCUT2D eigenvalue weighted by molar-refractivity contribution is 6.33. The molecule has 0 fully saturated rings. The number of aliphatic hydroxyl groups excluding tert-OH is 1. The molecule has 0 aromatic heterocycles. The molecule has 3 nitrogen and oxygen atoms in total. The number of aliphatic hydroxyl groups is 1. The van der Waals surface area contributed by atoms with E-state index in [4.69, 9.17) is 11.6 Å². The zero-order chi connectivity index (χ0) is 13.0. The predicted molar refractivity (Wildman–Crippen MR) is 73.9 cm³/mol. The van der Waals surface area contributed by atoms with Gasteiger partial charge < -0.3 is 14.9 Å². The van der Waals surface area contributed by atoms with Crippen molar-refractivity contribution in [1.29, 1.82) is 0 Å². The topological polar surface area (TPSA) is 26.7 Å². The molecule has 0 amide bonds. The van der Waals surface area contributed by atoms with Crippen molar-refractivity contribution in [2.24, 2.45) is 0 Å². The van der Waals surface area contributed by atoms with Gasteiger partial charge in [-0.2, -0.15) is 0 Å². The van der Waals surface area contributed by atoms with E-state index < -0.39 is 6.10 Å². The Hall–Kier alpha value is -0.770. The van der Waals surface area contributed by atoms with Crippen molar-refractivity contribution in [2.45, 2.75) is 13.0 Å². The summed E-state index contributed by atoms with van der Waals surface area (Å²) < 4.78 is 0. The molecule has 0 saturated carbocycles. The second-order valence-corrected chi connectivity index (χ2v) is 5.02. The first kappa shape index (κ1) is 14.3. The summed E-state index contributed by atoms with van der Waals surface area (Å²) in [5.74, 6) is 0. The molecule has 0 bridgehead atoms. The van der Waals surface area contributed by atoms with E-state index in [9.17, 15) is 5.11 Å². The lowest BCUT2D eigenvalue weighted by molar-refractivity contribution is 0.199. The van der Waals surface area contributed by atoms with Crippen LogP contribution in [0.5, 0.6) is 0 Å². The first-order chi connectivity index (χ1) is 7.91. The van der Waals surface area contributed by atoms with Crippen molar-refractivity contribution < 1.29 is 5.11 Å². The Morgan fingerprint density at radius 3 is 2.35 bits per heavy atom. The van der Waals surface area contributed by atoms with Crippen molar-refractivity contribution in [1.82, 2.24) is 4.90 Å². The number of anilines is 1. The molecule has 0 radical (unpaired) electrons. The number of nitrogens with zero attached hydrogens (tertiary/aromatic N) is 2. The Balaban J connectivity index is 2.77. The van der Waals surface area contributed by atoms with Gasteiger partial charge >= 0.3 is 0 Å². The summed E-state index contributed by atoms with van der Waals surface area (Å²) in [6, 6.07) is 5.70.